The maximum absolute atomic E-state index is 12.0. The molecular weight excluding hydrogens is 230 g/mol. The lowest BCUT2D eigenvalue weighted by Crippen LogP contribution is -2.17. The zero-order chi connectivity index (χ0) is 12.5. The highest BCUT2D eigenvalue weighted by atomic mass is 16.1. The second kappa shape index (κ2) is 3.99. The second-order valence-electron chi connectivity index (χ2n) is 3.95. The third-order valence-electron chi connectivity index (χ3n) is 2.68. The lowest BCUT2D eigenvalue weighted by atomic mass is 10.3. The number of rotatable bonds is 2. The summed E-state index contributed by atoms with van der Waals surface area (Å²) in [6, 6.07) is 9.58. The minimum atomic E-state index is -0.132. The number of nitrogens with one attached hydrogen (secondary N) is 2. The van der Waals surface area contributed by atoms with Crippen molar-refractivity contribution in [2.24, 2.45) is 7.05 Å². The highest BCUT2D eigenvalue weighted by Gasteiger charge is 2.11. The first kappa shape index (κ1) is 10.5. The smallest absolute Gasteiger partial charge is 0.266 e. The first-order valence-corrected chi connectivity index (χ1v) is 5.47. The summed E-state index contributed by atoms with van der Waals surface area (Å²) in [4.78, 5) is 16.1. The van der Waals surface area contributed by atoms with Crippen LogP contribution < -0.4 is 10.9 Å². The monoisotopic (exact) mass is 241 g/mol. The van der Waals surface area contributed by atoms with E-state index in [0.717, 1.165) is 5.69 Å². The van der Waals surface area contributed by atoms with Crippen LogP contribution in [0.5, 0.6) is 0 Å². The summed E-state index contributed by atoms with van der Waals surface area (Å²) in [6.45, 7) is 0. The number of aryl methyl sites for hydroxylation is 1. The topological polar surface area (TPSA) is 75.6 Å². The number of aromatic amines is 1. The lowest BCUT2D eigenvalue weighted by molar-refractivity contribution is 0.841. The Morgan fingerprint density at radius 2 is 2.06 bits per heavy atom. The number of fused-ring (bicyclic) bond motifs is 1. The molecule has 0 bridgehead atoms. The van der Waals surface area contributed by atoms with Crippen LogP contribution in [0.25, 0.3) is 11.0 Å². The van der Waals surface area contributed by atoms with Crippen molar-refractivity contribution in [3.05, 3.63) is 47.0 Å². The molecule has 0 saturated heterocycles. The number of aromatic nitrogens is 4. The Morgan fingerprint density at radius 1 is 1.28 bits per heavy atom. The number of hydrogen-bond acceptors (Lipinski definition) is 4. The van der Waals surface area contributed by atoms with Crippen LogP contribution in [0.3, 0.4) is 0 Å². The lowest BCUT2D eigenvalue weighted by Gasteiger charge is -2.03. The molecular formula is C12H11N5O. The van der Waals surface area contributed by atoms with E-state index in [9.17, 15) is 4.79 Å². The Labute approximate surface area is 102 Å². The molecule has 0 spiro atoms. The number of hydrogen-bond donors (Lipinski definition) is 2. The molecule has 0 atom stereocenters. The van der Waals surface area contributed by atoms with Crippen LogP contribution in [0.1, 0.15) is 0 Å². The maximum atomic E-state index is 12.0. The highest BCUT2D eigenvalue weighted by Crippen LogP contribution is 2.19. The molecule has 0 aliphatic carbocycles. The largest absolute Gasteiger partial charge is 0.340 e. The number of para-hydroxylation sites is 1. The van der Waals surface area contributed by atoms with E-state index in [1.54, 1.807) is 7.05 Å². The van der Waals surface area contributed by atoms with Gasteiger partial charge >= 0.3 is 0 Å². The summed E-state index contributed by atoms with van der Waals surface area (Å²) in [5.41, 5.74) is 1.16. The van der Waals surface area contributed by atoms with Gasteiger partial charge in [-0.05, 0) is 12.1 Å². The van der Waals surface area contributed by atoms with Crippen LogP contribution >= 0.6 is 0 Å². The first-order valence-electron chi connectivity index (χ1n) is 5.47. The molecule has 6 nitrogen and oxygen atoms in total. The van der Waals surface area contributed by atoms with E-state index in [1.807, 2.05) is 30.3 Å². The molecule has 0 aliphatic rings. The van der Waals surface area contributed by atoms with Crippen LogP contribution in [0.15, 0.2) is 41.5 Å². The Kier molecular flexibility index (Phi) is 2.33. The summed E-state index contributed by atoms with van der Waals surface area (Å²) in [5, 5.41) is 10.4. The Bertz CT molecular complexity index is 744. The molecule has 3 rings (SSSR count). The molecule has 0 amide bonds. The van der Waals surface area contributed by atoms with Crippen molar-refractivity contribution in [3.8, 4) is 0 Å². The standard InChI is InChI=1S/C12H11N5O/c1-17-7-13-10-9(12(17)18)11(16-15-10)14-8-5-3-2-4-6-8/h2-7H,1H3,(H2,14,15,16). The van der Waals surface area contributed by atoms with Gasteiger partial charge in [-0.25, -0.2) is 4.98 Å². The number of benzene rings is 1. The zero-order valence-electron chi connectivity index (χ0n) is 9.71. The molecule has 90 valence electrons. The summed E-state index contributed by atoms with van der Waals surface area (Å²) in [7, 11) is 1.66. The predicted molar refractivity (Wildman–Crippen MR) is 68.9 cm³/mol. The molecule has 0 radical (unpaired) electrons. The molecule has 2 N–H and O–H groups in total. The van der Waals surface area contributed by atoms with Crippen molar-refractivity contribution >= 4 is 22.5 Å². The van der Waals surface area contributed by atoms with Gasteiger partial charge < -0.3 is 9.88 Å². The third-order valence-corrected chi connectivity index (χ3v) is 2.68. The van der Waals surface area contributed by atoms with Gasteiger partial charge in [0.05, 0.1) is 6.33 Å². The molecule has 1 aromatic carbocycles. The van der Waals surface area contributed by atoms with Crippen LogP contribution in [0.2, 0.25) is 0 Å². The van der Waals surface area contributed by atoms with Gasteiger partial charge in [-0.2, -0.15) is 5.10 Å². The Morgan fingerprint density at radius 3 is 2.83 bits per heavy atom. The molecule has 2 aromatic heterocycles. The fraction of sp³-hybridized carbons (Fsp3) is 0.0833. The molecule has 0 unspecified atom stereocenters. The summed E-state index contributed by atoms with van der Waals surface area (Å²) >= 11 is 0. The minimum absolute atomic E-state index is 0.132. The van der Waals surface area contributed by atoms with E-state index in [-0.39, 0.29) is 5.56 Å². The van der Waals surface area contributed by atoms with Gasteiger partial charge in [0, 0.05) is 12.7 Å². The minimum Gasteiger partial charge on any atom is -0.340 e. The molecule has 6 heteroatoms. The SMILES string of the molecule is Cn1cnc2n[nH]c(Nc3ccccc3)c2c1=O. The average Bonchev–Trinajstić information content (AvgIpc) is 2.79. The number of nitrogens with zero attached hydrogens (tertiary/aromatic N) is 3. The normalized spacial score (nSPS) is 10.7. The van der Waals surface area contributed by atoms with E-state index in [4.69, 9.17) is 0 Å². The number of H-pyrrole nitrogens is 1. The van der Waals surface area contributed by atoms with Crippen molar-refractivity contribution in [2.75, 3.05) is 5.32 Å². The molecule has 2 heterocycles. The van der Waals surface area contributed by atoms with E-state index >= 15 is 0 Å². The quantitative estimate of drug-likeness (QED) is 0.711. The van der Waals surface area contributed by atoms with Crippen molar-refractivity contribution in [1.82, 2.24) is 19.7 Å². The summed E-state index contributed by atoms with van der Waals surface area (Å²) < 4.78 is 1.42. The van der Waals surface area contributed by atoms with Gasteiger partial charge in [-0.3, -0.25) is 9.89 Å². The van der Waals surface area contributed by atoms with Gasteiger partial charge in [0.25, 0.3) is 5.56 Å². The van der Waals surface area contributed by atoms with E-state index < -0.39 is 0 Å². The van der Waals surface area contributed by atoms with Crippen molar-refractivity contribution in [1.29, 1.82) is 0 Å². The predicted octanol–water partition coefficient (Wildman–Crippen LogP) is 1.40. The summed E-state index contributed by atoms with van der Waals surface area (Å²) in [6.07, 6.45) is 1.46. The zero-order valence-corrected chi connectivity index (χ0v) is 9.71. The van der Waals surface area contributed by atoms with Crippen molar-refractivity contribution in [3.63, 3.8) is 0 Å². The second-order valence-corrected chi connectivity index (χ2v) is 3.95. The number of anilines is 2. The van der Waals surface area contributed by atoms with Crippen LogP contribution in [0.4, 0.5) is 11.5 Å². The van der Waals surface area contributed by atoms with Crippen LogP contribution in [-0.2, 0) is 7.05 Å². The molecule has 0 fully saturated rings. The molecule has 3 aromatic rings. The first-order chi connectivity index (χ1) is 8.75. The third kappa shape index (κ3) is 1.64. The molecule has 0 saturated carbocycles. The van der Waals surface area contributed by atoms with Crippen LogP contribution in [-0.4, -0.2) is 19.7 Å². The van der Waals surface area contributed by atoms with Crippen molar-refractivity contribution in [2.45, 2.75) is 0 Å². The molecule has 0 aliphatic heterocycles. The highest BCUT2D eigenvalue weighted by molar-refractivity contribution is 5.88. The maximum Gasteiger partial charge on any atom is 0.266 e. The van der Waals surface area contributed by atoms with Gasteiger partial charge in [0.2, 0.25) is 0 Å². The molecule has 18 heavy (non-hydrogen) atoms. The Hall–Kier alpha value is -2.63. The van der Waals surface area contributed by atoms with Gasteiger partial charge in [-0.1, -0.05) is 18.2 Å². The van der Waals surface area contributed by atoms with E-state index in [1.165, 1.54) is 10.9 Å². The average molecular weight is 241 g/mol. The van der Waals surface area contributed by atoms with Crippen molar-refractivity contribution < 1.29 is 0 Å². The summed E-state index contributed by atoms with van der Waals surface area (Å²) in [5.74, 6) is 0.560. The van der Waals surface area contributed by atoms with E-state index in [2.05, 4.69) is 20.5 Å². The van der Waals surface area contributed by atoms with Gasteiger partial charge in [0.1, 0.15) is 11.2 Å². The Balaban J connectivity index is 2.13. The fourth-order valence-corrected chi connectivity index (χ4v) is 1.75. The fourth-order valence-electron chi connectivity index (χ4n) is 1.75. The van der Waals surface area contributed by atoms with Gasteiger partial charge in [-0.15, -0.1) is 0 Å². The van der Waals surface area contributed by atoms with Gasteiger partial charge in [0.15, 0.2) is 5.65 Å². The van der Waals surface area contributed by atoms with E-state index in [0.29, 0.717) is 16.9 Å². The van der Waals surface area contributed by atoms with Crippen LogP contribution in [0, 0.1) is 0 Å².